The van der Waals surface area contributed by atoms with Gasteiger partial charge in [-0.25, -0.2) is 13.4 Å². The standard InChI is InChI=1S/C9H9N2.C7H8O3S/c1-11-7-6-10-8-4-2-3-5-9(8)11;1-6-2-4-7(5-3-6)11(8,9)10/h2-7H,1H3;2-5H,1H3,(H,8,9,10)/q+1;/p-1. The van der Waals surface area contributed by atoms with Crippen LogP contribution in [0.15, 0.2) is 65.8 Å². The molecule has 1 aromatic heterocycles. The van der Waals surface area contributed by atoms with Crippen molar-refractivity contribution < 1.29 is 17.5 Å². The van der Waals surface area contributed by atoms with Crippen molar-refractivity contribution in [2.24, 2.45) is 7.05 Å². The lowest BCUT2D eigenvalue weighted by Crippen LogP contribution is -2.28. The van der Waals surface area contributed by atoms with Crippen molar-refractivity contribution in [3.05, 3.63) is 66.5 Å². The summed E-state index contributed by atoms with van der Waals surface area (Å²) in [4.78, 5) is 4.04. The summed E-state index contributed by atoms with van der Waals surface area (Å²) in [6.45, 7) is 1.82. The Kier molecular flexibility index (Phi) is 4.85. The zero-order chi connectivity index (χ0) is 16.2. The molecule has 0 atom stereocenters. The molecule has 0 N–H and O–H groups in total. The van der Waals surface area contributed by atoms with E-state index in [9.17, 15) is 13.0 Å². The van der Waals surface area contributed by atoms with Gasteiger partial charge < -0.3 is 4.55 Å². The molecule has 0 fully saturated rings. The van der Waals surface area contributed by atoms with E-state index < -0.39 is 10.1 Å². The van der Waals surface area contributed by atoms with E-state index in [0.717, 1.165) is 16.6 Å². The Labute approximate surface area is 129 Å². The topological polar surface area (TPSA) is 74.0 Å². The number of rotatable bonds is 1. The highest BCUT2D eigenvalue weighted by Gasteiger charge is 2.01. The minimum absolute atomic E-state index is 0.178. The second-order valence-corrected chi connectivity index (χ2v) is 6.17. The van der Waals surface area contributed by atoms with Gasteiger partial charge in [0.15, 0.2) is 6.20 Å². The van der Waals surface area contributed by atoms with Crippen LogP contribution in [0.3, 0.4) is 0 Å². The molecule has 1 heterocycles. The molecule has 0 bridgehead atoms. The molecule has 2 aromatic carbocycles. The maximum absolute atomic E-state index is 10.4. The van der Waals surface area contributed by atoms with E-state index in [1.807, 2.05) is 44.6 Å². The summed E-state index contributed by atoms with van der Waals surface area (Å²) in [5.74, 6) is 0. The minimum Gasteiger partial charge on any atom is -0.744 e. The van der Waals surface area contributed by atoms with Gasteiger partial charge in [-0.05, 0) is 25.1 Å². The van der Waals surface area contributed by atoms with Gasteiger partial charge in [0.25, 0.3) is 0 Å². The molecule has 114 valence electrons. The molecule has 0 spiro atoms. The lowest BCUT2D eigenvalue weighted by molar-refractivity contribution is -0.645. The van der Waals surface area contributed by atoms with Crippen LogP contribution in [-0.4, -0.2) is 18.0 Å². The zero-order valence-electron chi connectivity index (χ0n) is 12.3. The highest BCUT2D eigenvalue weighted by Crippen LogP contribution is 2.08. The lowest BCUT2D eigenvalue weighted by atomic mass is 10.2. The van der Waals surface area contributed by atoms with E-state index in [-0.39, 0.29) is 4.90 Å². The number of aryl methyl sites for hydroxylation is 2. The maximum Gasteiger partial charge on any atom is 0.230 e. The van der Waals surface area contributed by atoms with Crippen LogP contribution in [0.2, 0.25) is 0 Å². The van der Waals surface area contributed by atoms with Crippen molar-refractivity contribution in [2.45, 2.75) is 11.8 Å². The Hall–Kier alpha value is -2.31. The van der Waals surface area contributed by atoms with Gasteiger partial charge in [0, 0.05) is 6.07 Å². The highest BCUT2D eigenvalue weighted by molar-refractivity contribution is 7.85. The molecule has 0 saturated carbocycles. The van der Waals surface area contributed by atoms with Gasteiger partial charge in [-0.3, -0.25) is 0 Å². The average molecular weight is 316 g/mol. The molecule has 0 radical (unpaired) electrons. The van der Waals surface area contributed by atoms with Crippen LogP contribution in [0, 0.1) is 6.92 Å². The van der Waals surface area contributed by atoms with Gasteiger partial charge in [0.05, 0.1) is 11.1 Å². The molecule has 0 aliphatic rings. The first-order valence-corrected chi connectivity index (χ1v) is 8.01. The van der Waals surface area contributed by atoms with Gasteiger partial charge in [-0.1, -0.05) is 29.8 Å². The molecular weight excluding hydrogens is 300 g/mol. The van der Waals surface area contributed by atoms with Crippen LogP contribution < -0.4 is 4.57 Å². The van der Waals surface area contributed by atoms with Crippen molar-refractivity contribution in [3.8, 4) is 0 Å². The highest BCUT2D eigenvalue weighted by atomic mass is 32.2. The fraction of sp³-hybridized carbons (Fsp3) is 0.125. The quantitative estimate of drug-likeness (QED) is 0.508. The molecule has 6 heteroatoms. The summed E-state index contributed by atoms with van der Waals surface area (Å²) in [7, 11) is -2.25. The first-order chi connectivity index (χ1) is 10.4. The predicted octanol–water partition coefficient (Wildman–Crippen LogP) is 1.96. The number of hydrogen-bond donors (Lipinski definition) is 0. The van der Waals surface area contributed by atoms with Crippen LogP contribution in [0.1, 0.15) is 5.56 Å². The molecular formula is C16H16N2O3S. The number of aromatic nitrogens is 2. The number of nitrogens with zero attached hydrogens (tertiary/aromatic N) is 2. The van der Waals surface area contributed by atoms with Crippen LogP contribution in [0.5, 0.6) is 0 Å². The van der Waals surface area contributed by atoms with Crippen molar-refractivity contribution in [3.63, 3.8) is 0 Å². The molecule has 0 aliphatic carbocycles. The normalized spacial score (nSPS) is 10.9. The van der Waals surface area contributed by atoms with Crippen LogP contribution in [0.25, 0.3) is 11.0 Å². The van der Waals surface area contributed by atoms with Gasteiger partial charge in [-0.15, -0.1) is 0 Å². The molecule has 0 saturated heterocycles. The SMILES string of the molecule is C[n+]1ccnc2ccccc21.Cc1ccc(S(=O)(=O)[O-])cc1. The second-order valence-electron chi connectivity index (χ2n) is 4.79. The number of benzene rings is 2. The van der Waals surface area contributed by atoms with E-state index in [2.05, 4.69) is 15.6 Å². The Morgan fingerprint density at radius 3 is 2.27 bits per heavy atom. The molecule has 22 heavy (non-hydrogen) atoms. The smallest absolute Gasteiger partial charge is 0.230 e. The predicted molar refractivity (Wildman–Crippen MR) is 82.1 cm³/mol. The Morgan fingerprint density at radius 1 is 1.05 bits per heavy atom. The second kappa shape index (κ2) is 6.64. The summed E-state index contributed by atoms with van der Waals surface area (Å²) in [6, 6.07) is 13.9. The van der Waals surface area contributed by atoms with Crippen molar-refractivity contribution in [1.82, 2.24) is 4.98 Å². The first kappa shape index (κ1) is 16.1. The van der Waals surface area contributed by atoms with E-state index >= 15 is 0 Å². The molecule has 0 amide bonds. The molecule has 0 unspecified atom stereocenters. The third-order valence-corrected chi connectivity index (χ3v) is 3.92. The first-order valence-electron chi connectivity index (χ1n) is 6.60. The average Bonchev–Trinajstić information content (AvgIpc) is 2.48. The fourth-order valence-electron chi connectivity index (χ4n) is 1.87. The number of fused-ring (bicyclic) bond motifs is 1. The van der Waals surface area contributed by atoms with E-state index in [0.29, 0.717) is 0 Å². The molecule has 5 nitrogen and oxygen atoms in total. The van der Waals surface area contributed by atoms with Gasteiger partial charge >= 0.3 is 0 Å². The monoisotopic (exact) mass is 316 g/mol. The summed E-state index contributed by atoms with van der Waals surface area (Å²) in [5, 5.41) is 0. The Bertz CT molecular complexity index is 870. The number of hydrogen-bond acceptors (Lipinski definition) is 4. The third kappa shape index (κ3) is 4.09. The summed E-state index contributed by atoms with van der Waals surface area (Å²) < 4.78 is 33.2. The lowest BCUT2D eigenvalue weighted by Gasteiger charge is -2.05. The van der Waals surface area contributed by atoms with Gasteiger partial charge in [-0.2, -0.15) is 4.57 Å². The van der Waals surface area contributed by atoms with E-state index in [1.165, 1.54) is 12.1 Å². The molecule has 0 aliphatic heterocycles. The van der Waals surface area contributed by atoms with Crippen molar-refractivity contribution >= 4 is 21.2 Å². The van der Waals surface area contributed by atoms with Crippen LogP contribution >= 0.6 is 0 Å². The van der Waals surface area contributed by atoms with Crippen molar-refractivity contribution in [2.75, 3.05) is 0 Å². The van der Waals surface area contributed by atoms with Crippen LogP contribution in [0.4, 0.5) is 0 Å². The molecule has 3 rings (SSSR count). The zero-order valence-corrected chi connectivity index (χ0v) is 13.1. The van der Waals surface area contributed by atoms with Gasteiger partial charge in [0.1, 0.15) is 22.7 Å². The minimum atomic E-state index is -4.27. The summed E-state index contributed by atoms with van der Waals surface area (Å²) in [6.07, 6.45) is 3.75. The molecule has 3 aromatic rings. The summed E-state index contributed by atoms with van der Waals surface area (Å²) >= 11 is 0. The van der Waals surface area contributed by atoms with Crippen molar-refractivity contribution in [1.29, 1.82) is 0 Å². The van der Waals surface area contributed by atoms with Crippen LogP contribution in [-0.2, 0) is 17.2 Å². The Morgan fingerprint density at radius 2 is 1.68 bits per heavy atom. The Balaban J connectivity index is 0.000000160. The van der Waals surface area contributed by atoms with Gasteiger partial charge in [0.2, 0.25) is 5.52 Å². The largest absolute Gasteiger partial charge is 0.744 e. The summed E-state index contributed by atoms with van der Waals surface area (Å²) in [5.41, 5.74) is 3.13. The number of para-hydroxylation sites is 2. The fourth-order valence-corrected chi connectivity index (χ4v) is 2.34. The third-order valence-electron chi connectivity index (χ3n) is 3.08. The van der Waals surface area contributed by atoms with E-state index in [1.54, 1.807) is 12.1 Å². The van der Waals surface area contributed by atoms with E-state index in [4.69, 9.17) is 0 Å². The maximum atomic E-state index is 10.4.